The molecule has 0 spiro atoms. The van der Waals surface area contributed by atoms with Gasteiger partial charge in [0.2, 0.25) is 5.91 Å². The van der Waals surface area contributed by atoms with Crippen molar-refractivity contribution in [3.63, 3.8) is 0 Å². The molecule has 1 heterocycles. The van der Waals surface area contributed by atoms with Gasteiger partial charge in [-0.3, -0.25) is 10.1 Å². The normalized spacial score (nSPS) is 21.9. The molecular formula is C14H20N2O3S. The Morgan fingerprint density at radius 1 is 1.35 bits per heavy atom. The summed E-state index contributed by atoms with van der Waals surface area (Å²) in [5.74, 6) is 0.0980. The van der Waals surface area contributed by atoms with E-state index in [4.69, 9.17) is 0 Å². The Morgan fingerprint density at radius 3 is 2.65 bits per heavy atom. The topological polar surface area (TPSA) is 66.5 Å². The Bertz CT molecular complexity index is 611. The first-order chi connectivity index (χ1) is 9.33. The molecule has 1 aliphatic heterocycles. The van der Waals surface area contributed by atoms with E-state index >= 15 is 0 Å². The highest BCUT2D eigenvalue weighted by molar-refractivity contribution is 7.91. The molecule has 6 heteroatoms. The molecule has 2 unspecified atom stereocenters. The van der Waals surface area contributed by atoms with Crippen molar-refractivity contribution >= 4 is 15.7 Å². The highest BCUT2D eigenvalue weighted by atomic mass is 32.2. The van der Waals surface area contributed by atoms with Crippen LogP contribution >= 0.6 is 0 Å². The predicted molar refractivity (Wildman–Crippen MR) is 77.1 cm³/mol. The number of rotatable bonds is 3. The lowest BCUT2D eigenvalue weighted by Gasteiger charge is -2.29. The van der Waals surface area contributed by atoms with Crippen molar-refractivity contribution in [3.05, 3.63) is 29.8 Å². The summed E-state index contributed by atoms with van der Waals surface area (Å²) < 4.78 is 24.1. The van der Waals surface area contributed by atoms with Crippen molar-refractivity contribution in [2.24, 2.45) is 0 Å². The summed E-state index contributed by atoms with van der Waals surface area (Å²) in [6.45, 7) is 1.80. The van der Waals surface area contributed by atoms with Gasteiger partial charge >= 0.3 is 0 Å². The number of hydrogen-bond donors (Lipinski definition) is 1. The zero-order valence-electron chi connectivity index (χ0n) is 12.0. The van der Waals surface area contributed by atoms with Gasteiger partial charge < -0.3 is 4.90 Å². The van der Waals surface area contributed by atoms with Crippen molar-refractivity contribution in [1.29, 1.82) is 0 Å². The van der Waals surface area contributed by atoms with E-state index in [0.29, 0.717) is 11.3 Å². The summed E-state index contributed by atoms with van der Waals surface area (Å²) in [6, 6.07) is 6.56. The maximum Gasteiger partial charge on any atom is 0.238 e. The number of carbonyl (C=O) groups excluding carboxylic acids is 1. The molecule has 2 rings (SSSR count). The third kappa shape index (κ3) is 2.86. The number of nitrogens with zero attached hydrogens (tertiary/aromatic N) is 1. The number of hydrogen-bond acceptors (Lipinski definition) is 4. The van der Waals surface area contributed by atoms with Crippen LogP contribution < -0.4 is 5.32 Å². The molecule has 1 aromatic carbocycles. The lowest BCUT2D eigenvalue weighted by atomic mass is 10.0. The van der Waals surface area contributed by atoms with Gasteiger partial charge in [-0.1, -0.05) is 18.2 Å². The Hall–Kier alpha value is -1.40. The van der Waals surface area contributed by atoms with Crippen LogP contribution in [0, 0.1) is 0 Å². The lowest BCUT2D eigenvalue weighted by molar-refractivity contribution is -0.130. The highest BCUT2D eigenvalue weighted by Crippen LogP contribution is 2.32. The third-order valence-corrected chi connectivity index (χ3v) is 5.38. The summed E-state index contributed by atoms with van der Waals surface area (Å²) in [5, 5.41) is 3.24. The van der Waals surface area contributed by atoms with Gasteiger partial charge in [-0.25, -0.2) is 8.42 Å². The number of carbonyl (C=O) groups is 1. The van der Waals surface area contributed by atoms with E-state index in [2.05, 4.69) is 5.32 Å². The molecule has 0 bridgehead atoms. The number of amides is 1. The van der Waals surface area contributed by atoms with Crippen molar-refractivity contribution in [3.8, 4) is 0 Å². The number of likely N-dealkylation sites (N-methyl/N-ethyl adjacent to an activating group) is 1. The molecule has 0 radical (unpaired) electrons. The van der Waals surface area contributed by atoms with Crippen LogP contribution in [0.2, 0.25) is 0 Å². The molecule has 0 aromatic heterocycles. The van der Waals surface area contributed by atoms with E-state index in [9.17, 15) is 13.2 Å². The van der Waals surface area contributed by atoms with Gasteiger partial charge in [-0.2, -0.15) is 0 Å². The monoisotopic (exact) mass is 296 g/mol. The van der Waals surface area contributed by atoms with Crippen LogP contribution in [0.15, 0.2) is 29.2 Å². The molecule has 0 aliphatic carbocycles. The van der Waals surface area contributed by atoms with E-state index in [0.717, 1.165) is 5.56 Å². The number of benzene rings is 1. The molecule has 0 fully saturated rings. The van der Waals surface area contributed by atoms with Gasteiger partial charge in [0.25, 0.3) is 0 Å². The largest absolute Gasteiger partial charge is 0.347 e. The van der Waals surface area contributed by atoms with Crippen molar-refractivity contribution in [1.82, 2.24) is 10.2 Å². The van der Waals surface area contributed by atoms with Gasteiger partial charge in [0, 0.05) is 20.1 Å². The Kier molecular flexibility index (Phi) is 4.15. The molecule has 0 saturated carbocycles. The van der Waals surface area contributed by atoms with E-state index in [-0.39, 0.29) is 23.7 Å². The van der Waals surface area contributed by atoms with Gasteiger partial charge in [0.15, 0.2) is 9.84 Å². The maximum absolute atomic E-state index is 12.0. The van der Waals surface area contributed by atoms with Crippen molar-refractivity contribution in [2.75, 3.05) is 19.8 Å². The zero-order valence-corrected chi connectivity index (χ0v) is 12.8. The minimum Gasteiger partial charge on any atom is -0.347 e. The molecule has 110 valence electrons. The number of nitrogens with one attached hydrogen (secondary N) is 1. The maximum atomic E-state index is 12.0. The average Bonchev–Trinajstić information content (AvgIpc) is 2.41. The van der Waals surface area contributed by atoms with Crippen LogP contribution in [0.3, 0.4) is 0 Å². The number of sulfone groups is 1. The standard InChI is InChI=1S/C14H20N2O3S/c1-10(14(17)16(2)3)15-12-8-9-20(18,19)13-7-5-4-6-11(12)13/h4-7,10,12,15H,8-9H2,1-3H3. The van der Waals surface area contributed by atoms with E-state index in [1.54, 1.807) is 33.2 Å². The lowest BCUT2D eigenvalue weighted by Crippen LogP contribution is -2.44. The van der Waals surface area contributed by atoms with Crippen LogP contribution in [0.5, 0.6) is 0 Å². The summed E-state index contributed by atoms with van der Waals surface area (Å²) in [6.07, 6.45) is 0.490. The van der Waals surface area contributed by atoms with Gasteiger partial charge in [0.1, 0.15) is 0 Å². The fourth-order valence-corrected chi connectivity index (χ4v) is 4.14. The molecule has 2 atom stereocenters. The summed E-state index contributed by atoms with van der Waals surface area (Å²) in [5.41, 5.74) is 0.761. The van der Waals surface area contributed by atoms with E-state index < -0.39 is 9.84 Å². The molecule has 1 aromatic rings. The van der Waals surface area contributed by atoms with Crippen LogP contribution in [-0.4, -0.2) is 45.1 Å². The minimum atomic E-state index is -3.18. The summed E-state index contributed by atoms with van der Waals surface area (Å²) in [7, 11) is 0.234. The fourth-order valence-electron chi connectivity index (χ4n) is 2.52. The van der Waals surface area contributed by atoms with Crippen molar-refractivity contribution in [2.45, 2.75) is 30.3 Å². The minimum absolute atomic E-state index is 0.0177. The molecule has 5 nitrogen and oxygen atoms in total. The second-order valence-electron chi connectivity index (χ2n) is 5.32. The highest BCUT2D eigenvalue weighted by Gasteiger charge is 2.31. The summed E-state index contributed by atoms with van der Waals surface area (Å²) >= 11 is 0. The molecule has 20 heavy (non-hydrogen) atoms. The Morgan fingerprint density at radius 2 is 2.00 bits per heavy atom. The number of fused-ring (bicyclic) bond motifs is 1. The Balaban J connectivity index is 2.26. The molecular weight excluding hydrogens is 276 g/mol. The van der Waals surface area contributed by atoms with Crippen LogP contribution in [-0.2, 0) is 14.6 Å². The van der Waals surface area contributed by atoms with Gasteiger partial charge in [0.05, 0.1) is 16.7 Å². The van der Waals surface area contributed by atoms with Crippen LogP contribution in [0.1, 0.15) is 24.9 Å². The molecule has 1 amide bonds. The van der Waals surface area contributed by atoms with Gasteiger partial charge in [-0.05, 0) is 25.0 Å². The second kappa shape index (κ2) is 5.54. The first kappa shape index (κ1) is 15.0. The SMILES string of the molecule is CC(NC1CCS(=O)(=O)c2ccccc21)C(=O)N(C)C. The second-order valence-corrected chi connectivity index (χ2v) is 7.40. The smallest absolute Gasteiger partial charge is 0.238 e. The molecule has 1 N–H and O–H groups in total. The Labute approximate surface area is 119 Å². The first-order valence-electron chi connectivity index (χ1n) is 6.62. The third-order valence-electron chi connectivity index (χ3n) is 3.57. The van der Waals surface area contributed by atoms with Crippen molar-refractivity contribution < 1.29 is 13.2 Å². The fraction of sp³-hybridized carbons (Fsp3) is 0.500. The quantitative estimate of drug-likeness (QED) is 0.902. The van der Waals surface area contributed by atoms with E-state index in [1.807, 2.05) is 12.1 Å². The molecule has 1 aliphatic rings. The first-order valence-corrected chi connectivity index (χ1v) is 8.27. The van der Waals surface area contributed by atoms with Gasteiger partial charge in [-0.15, -0.1) is 0 Å². The molecule has 0 saturated heterocycles. The van der Waals surface area contributed by atoms with Crippen LogP contribution in [0.25, 0.3) is 0 Å². The van der Waals surface area contributed by atoms with Crippen LogP contribution in [0.4, 0.5) is 0 Å². The average molecular weight is 296 g/mol. The zero-order chi connectivity index (χ0) is 14.9. The predicted octanol–water partition coefficient (Wildman–Crippen LogP) is 0.971. The summed E-state index contributed by atoms with van der Waals surface area (Å²) in [4.78, 5) is 13.8. The van der Waals surface area contributed by atoms with E-state index in [1.165, 1.54) is 4.90 Å².